The van der Waals surface area contributed by atoms with E-state index < -0.39 is 5.97 Å². The smallest absolute Gasteiger partial charge is 0.214 e. The molecule has 0 spiro atoms. The van der Waals surface area contributed by atoms with Crippen molar-refractivity contribution in [3.8, 4) is 0 Å². The van der Waals surface area contributed by atoms with Crippen molar-refractivity contribution in [3.63, 3.8) is 0 Å². The summed E-state index contributed by atoms with van der Waals surface area (Å²) in [7, 11) is 0. The van der Waals surface area contributed by atoms with E-state index in [1.165, 1.54) is 12.0 Å². The van der Waals surface area contributed by atoms with E-state index in [9.17, 15) is 9.18 Å². The second-order valence-corrected chi connectivity index (χ2v) is 7.49. The second-order valence-electron chi connectivity index (χ2n) is 7.49. The van der Waals surface area contributed by atoms with Crippen LogP contribution in [0.5, 0.6) is 0 Å². The lowest BCUT2D eigenvalue weighted by Crippen LogP contribution is -2.15. The zero-order chi connectivity index (χ0) is 21.1. The maximum absolute atomic E-state index is 13.8. The first kappa shape index (κ1) is 19.7. The predicted octanol–water partition coefficient (Wildman–Crippen LogP) is 5.78. The summed E-state index contributed by atoms with van der Waals surface area (Å²) in [6.45, 7) is 0. The van der Waals surface area contributed by atoms with E-state index in [-0.39, 0.29) is 12.7 Å². The van der Waals surface area contributed by atoms with Gasteiger partial charge < -0.3 is 5.73 Å². The number of benzene rings is 2. The average molecular weight is 401 g/mol. The van der Waals surface area contributed by atoms with Crippen molar-refractivity contribution in [2.45, 2.75) is 19.3 Å². The van der Waals surface area contributed by atoms with Crippen molar-refractivity contribution >= 4 is 29.1 Å². The van der Waals surface area contributed by atoms with Crippen LogP contribution >= 0.6 is 0 Å². The van der Waals surface area contributed by atoms with E-state index in [0.717, 1.165) is 35.1 Å². The van der Waals surface area contributed by atoms with Crippen molar-refractivity contribution in [3.05, 3.63) is 94.8 Å². The minimum Gasteiger partial charge on any atom is -0.398 e. The molecule has 4 nitrogen and oxygen atoms in total. The number of halogens is 1. The van der Waals surface area contributed by atoms with Gasteiger partial charge in [0.25, 0.3) is 0 Å². The van der Waals surface area contributed by atoms with Crippen LogP contribution in [0.2, 0.25) is 0 Å². The van der Waals surface area contributed by atoms with Crippen molar-refractivity contribution in [1.29, 1.82) is 5.41 Å². The number of carbonyl (C=O) groups is 1. The molecule has 3 N–H and O–H groups in total. The highest BCUT2D eigenvalue weighted by molar-refractivity contribution is 6.02. The lowest BCUT2D eigenvalue weighted by atomic mass is 9.73. The Morgan fingerprint density at radius 1 is 1.07 bits per heavy atom. The summed E-state index contributed by atoms with van der Waals surface area (Å²) in [6, 6.07) is 18.8. The first-order valence-electron chi connectivity index (χ1n) is 9.94. The average Bonchev–Trinajstić information content (AvgIpc) is 2.74. The third kappa shape index (κ3) is 3.79. The van der Waals surface area contributed by atoms with E-state index in [1.807, 2.05) is 30.3 Å². The van der Waals surface area contributed by atoms with Crippen molar-refractivity contribution < 1.29 is 10.6 Å². The van der Waals surface area contributed by atoms with Crippen LogP contribution in [0, 0.1) is 11.3 Å². The van der Waals surface area contributed by atoms with Gasteiger partial charge in [-0.15, -0.1) is 0 Å². The number of nitrogens with two attached hydrogens (primary N) is 1. The van der Waals surface area contributed by atoms with Gasteiger partial charge in [-0.25, -0.2) is 0 Å². The Hall–Kier alpha value is -3.60. The fourth-order valence-electron chi connectivity index (χ4n) is 3.90. The monoisotopic (exact) mass is 401 g/mol. The number of hydrogen-bond donors (Lipinski definition) is 2. The summed E-state index contributed by atoms with van der Waals surface area (Å²) in [5, 5.41) is 7.46. The molecule has 2 aromatic carbocycles. The summed E-state index contributed by atoms with van der Waals surface area (Å²) >= 11 is 0. The van der Waals surface area contributed by atoms with E-state index in [2.05, 4.69) is 17.1 Å². The molecule has 3 aromatic rings. The molecule has 0 radical (unpaired) electrons. The van der Waals surface area contributed by atoms with Crippen LogP contribution in [0.3, 0.4) is 0 Å². The zero-order valence-electron chi connectivity index (χ0n) is 16.4. The van der Waals surface area contributed by atoms with Crippen LogP contribution in [-0.2, 0) is 0 Å². The molecule has 0 bridgehead atoms. The number of nitrogen functional groups attached to an aromatic ring is 1. The molecule has 1 saturated carbocycles. The van der Waals surface area contributed by atoms with Crippen molar-refractivity contribution in [2.75, 3.05) is 5.73 Å². The van der Waals surface area contributed by atoms with E-state index in [0.29, 0.717) is 17.9 Å². The van der Waals surface area contributed by atoms with Crippen molar-refractivity contribution in [2.24, 2.45) is 5.92 Å². The van der Waals surface area contributed by atoms with Gasteiger partial charge in [-0.05, 0) is 59.2 Å². The molecule has 1 aromatic heterocycles. The molecule has 152 valence electrons. The Kier molecular flexibility index (Phi) is 5.53. The molecule has 1 fully saturated rings. The van der Waals surface area contributed by atoms with Gasteiger partial charge in [0.05, 0.1) is 5.56 Å². The number of allylic oxidation sites excluding steroid dienone is 1. The van der Waals surface area contributed by atoms with Gasteiger partial charge in [-0.1, -0.05) is 48.9 Å². The van der Waals surface area contributed by atoms with Gasteiger partial charge in [0.1, 0.15) is 5.69 Å². The molecule has 0 aliphatic heterocycles. The van der Waals surface area contributed by atoms with Crippen LogP contribution in [-0.4, -0.2) is 17.2 Å². The number of pyridine rings is 1. The predicted molar refractivity (Wildman–Crippen MR) is 120 cm³/mol. The lowest BCUT2D eigenvalue weighted by Gasteiger charge is -2.31. The first-order chi connectivity index (χ1) is 14.6. The summed E-state index contributed by atoms with van der Waals surface area (Å²) < 4.78 is 13.8. The molecule has 1 heterocycles. The van der Waals surface area contributed by atoms with Crippen LogP contribution in [0.25, 0.3) is 11.1 Å². The number of aldehydes is 1. The van der Waals surface area contributed by atoms with Gasteiger partial charge in [-0.2, -0.15) is 4.39 Å². The highest BCUT2D eigenvalue weighted by Gasteiger charge is 2.27. The van der Waals surface area contributed by atoms with E-state index in [4.69, 9.17) is 11.1 Å². The summed E-state index contributed by atoms with van der Waals surface area (Å²) in [5.41, 5.74) is 11.4. The molecule has 0 unspecified atom stereocenters. The van der Waals surface area contributed by atoms with Gasteiger partial charge in [0.15, 0.2) is 6.29 Å². The zero-order valence-corrected chi connectivity index (χ0v) is 16.4. The second kappa shape index (κ2) is 8.41. The number of rotatable bonds is 6. The quantitative estimate of drug-likeness (QED) is 0.238. The first-order valence-corrected chi connectivity index (χ1v) is 9.94. The largest absolute Gasteiger partial charge is 0.398 e. The highest BCUT2D eigenvalue weighted by Crippen LogP contribution is 2.45. The third-order valence-electron chi connectivity index (χ3n) is 5.64. The molecule has 0 atom stereocenters. The number of nitrogens with one attached hydrogen (secondary N) is 1. The minimum absolute atomic E-state index is 0. The van der Waals surface area contributed by atoms with E-state index >= 15 is 0 Å². The Morgan fingerprint density at radius 2 is 1.80 bits per heavy atom. The number of carbonyl (C=O) groups excluding carboxylic acids is 1. The molecular formula is C25H24FN3O. The summed E-state index contributed by atoms with van der Waals surface area (Å²) in [4.78, 5) is 15.3. The van der Waals surface area contributed by atoms with Gasteiger partial charge in [0.2, 0.25) is 5.97 Å². The SMILES string of the molecule is N=C(F)c1cc(/C(=C(/c2ccccc2)C2CCC2)c2ccc(C=O)nc2)ccc1N.[HH]. The van der Waals surface area contributed by atoms with E-state index in [1.54, 1.807) is 24.4 Å². The highest BCUT2D eigenvalue weighted by atomic mass is 19.1. The molecule has 0 saturated heterocycles. The Morgan fingerprint density at radius 3 is 2.37 bits per heavy atom. The maximum Gasteiger partial charge on any atom is 0.214 e. The number of hydrogen-bond acceptors (Lipinski definition) is 4. The lowest BCUT2D eigenvalue weighted by molar-refractivity contribution is 0.111. The fourth-order valence-corrected chi connectivity index (χ4v) is 3.90. The standard InChI is InChI=1S/C25H22FN3O.H2/c26-25(28)21-13-18(10-12-22(21)27)24(19-9-11-20(15-30)29-14-19)23(17-7-4-8-17)16-5-2-1-3-6-16;/h1-3,5-6,9-15,17,28H,4,7-8,27H2;1H/b24-23+,28-25?;. The van der Waals surface area contributed by atoms with Crippen LogP contribution in [0.1, 0.15) is 53.4 Å². The summed E-state index contributed by atoms with van der Waals surface area (Å²) in [5.74, 6) is -0.688. The topological polar surface area (TPSA) is 79.8 Å². The molecular weight excluding hydrogens is 377 g/mol. The van der Waals surface area contributed by atoms with Gasteiger partial charge in [-0.3, -0.25) is 15.2 Å². The minimum atomic E-state index is -1.06. The third-order valence-corrected chi connectivity index (χ3v) is 5.64. The van der Waals surface area contributed by atoms with Crippen molar-refractivity contribution in [1.82, 2.24) is 4.98 Å². The molecule has 0 amide bonds. The maximum atomic E-state index is 13.8. The summed E-state index contributed by atoms with van der Waals surface area (Å²) in [6.07, 6.45) is 5.71. The van der Waals surface area contributed by atoms with Gasteiger partial charge in [0, 0.05) is 18.9 Å². The molecule has 1 aliphatic carbocycles. The fraction of sp³-hybridized carbons (Fsp3) is 0.160. The van der Waals surface area contributed by atoms with Gasteiger partial charge >= 0.3 is 0 Å². The van der Waals surface area contributed by atoms with Crippen LogP contribution in [0.4, 0.5) is 10.1 Å². The normalized spacial score (nSPS) is 14.6. The number of anilines is 1. The Bertz CT molecular complexity index is 1120. The molecule has 4 rings (SSSR count). The molecule has 1 aliphatic rings. The Balaban J connectivity index is 0.00000272. The number of aromatic nitrogens is 1. The Labute approximate surface area is 176 Å². The van der Waals surface area contributed by atoms with Crippen LogP contribution < -0.4 is 5.73 Å². The number of nitrogens with zero attached hydrogens (tertiary/aromatic N) is 1. The molecule has 5 heteroatoms. The van der Waals surface area contributed by atoms with Crippen LogP contribution in [0.15, 0.2) is 66.9 Å². The molecule has 30 heavy (non-hydrogen) atoms.